The molecular formula is C53H35N3O. The molecule has 0 saturated carbocycles. The third-order valence-electron chi connectivity index (χ3n) is 11.2. The molecule has 0 saturated heterocycles. The van der Waals surface area contributed by atoms with Crippen molar-refractivity contribution in [3.63, 3.8) is 0 Å². The smallest absolute Gasteiger partial charge is 0.160 e. The number of benzene rings is 8. The minimum atomic E-state index is 0.688. The maximum atomic E-state index is 6.87. The van der Waals surface area contributed by atoms with E-state index in [1.807, 2.05) is 12.1 Å². The lowest BCUT2D eigenvalue weighted by atomic mass is 9.97. The molecule has 0 radical (unpaired) electrons. The van der Waals surface area contributed by atoms with E-state index in [4.69, 9.17) is 14.4 Å². The van der Waals surface area contributed by atoms with Gasteiger partial charge in [-0.2, -0.15) is 0 Å². The van der Waals surface area contributed by atoms with E-state index in [1.54, 1.807) is 0 Å². The molecule has 0 spiro atoms. The molecule has 268 valence electrons. The molecule has 57 heavy (non-hydrogen) atoms. The molecular weight excluding hydrogens is 695 g/mol. The summed E-state index contributed by atoms with van der Waals surface area (Å²) in [5.74, 6) is 0.688. The monoisotopic (exact) mass is 729 g/mol. The van der Waals surface area contributed by atoms with Gasteiger partial charge in [-0.1, -0.05) is 158 Å². The number of hydrogen-bond donors (Lipinski definition) is 0. The molecule has 0 fully saturated rings. The topological polar surface area (TPSA) is 43.9 Å². The van der Waals surface area contributed by atoms with Crippen molar-refractivity contribution in [2.45, 2.75) is 6.92 Å². The molecule has 0 aliphatic rings. The van der Waals surface area contributed by atoms with Crippen LogP contribution in [0.1, 0.15) is 5.56 Å². The number of fused-ring (bicyclic) bond motifs is 6. The summed E-state index contributed by atoms with van der Waals surface area (Å²) in [6.45, 7) is 2.12. The highest BCUT2D eigenvalue weighted by Crippen LogP contribution is 2.42. The fourth-order valence-electron chi connectivity index (χ4n) is 8.52. The highest BCUT2D eigenvalue weighted by atomic mass is 16.3. The maximum Gasteiger partial charge on any atom is 0.160 e. The second-order valence-electron chi connectivity index (χ2n) is 14.6. The Balaban J connectivity index is 1.08. The lowest BCUT2D eigenvalue weighted by Gasteiger charge is -2.14. The minimum Gasteiger partial charge on any atom is -0.454 e. The van der Waals surface area contributed by atoms with E-state index in [0.29, 0.717) is 5.82 Å². The number of hydrogen-bond acceptors (Lipinski definition) is 3. The second-order valence-corrected chi connectivity index (χ2v) is 14.6. The molecule has 0 aliphatic heterocycles. The number of rotatable bonds is 6. The van der Waals surface area contributed by atoms with Crippen LogP contribution in [0, 0.1) is 6.92 Å². The van der Waals surface area contributed by atoms with Gasteiger partial charge in [0.1, 0.15) is 5.58 Å². The molecule has 4 heteroatoms. The molecule has 0 atom stereocenters. The van der Waals surface area contributed by atoms with Crippen LogP contribution in [0.5, 0.6) is 0 Å². The van der Waals surface area contributed by atoms with Gasteiger partial charge in [0, 0.05) is 43.8 Å². The Bertz CT molecular complexity index is 3230. The Kier molecular flexibility index (Phi) is 7.68. The first kappa shape index (κ1) is 32.8. The van der Waals surface area contributed by atoms with Gasteiger partial charge in [0.25, 0.3) is 0 Å². The molecule has 0 amide bonds. The zero-order valence-corrected chi connectivity index (χ0v) is 31.2. The van der Waals surface area contributed by atoms with Crippen LogP contribution in [0.4, 0.5) is 0 Å². The molecule has 3 aromatic heterocycles. The van der Waals surface area contributed by atoms with Crippen LogP contribution in [-0.2, 0) is 0 Å². The Morgan fingerprint density at radius 1 is 0.421 bits per heavy atom. The number of para-hydroxylation sites is 2. The predicted octanol–water partition coefficient (Wildman–Crippen LogP) is 14.1. The standard InChI is InChI=1S/C53H35N3O/c1-34-50(36-18-7-3-8-19-36)54-53(55-51(34)37-20-9-4-10-21-37)40-23-13-22-39(32-40)41-25-15-29-48-49(41)43-26-14-28-47(52(43)57-48)56-45-27-12-11-24-42(45)44-33-38(30-31-46(44)56)35-16-5-2-6-17-35/h2-33H,1H3. The van der Waals surface area contributed by atoms with Crippen LogP contribution in [-0.4, -0.2) is 14.5 Å². The summed E-state index contributed by atoms with van der Waals surface area (Å²) in [5, 5.41) is 4.57. The molecule has 0 N–H and O–H groups in total. The highest BCUT2D eigenvalue weighted by molar-refractivity contribution is 6.16. The molecule has 11 rings (SSSR count). The highest BCUT2D eigenvalue weighted by Gasteiger charge is 2.21. The second kappa shape index (κ2) is 13.3. The molecule has 0 unspecified atom stereocenters. The predicted molar refractivity (Wildman–Crippen MR) is 236 cm³/mol. The van der Waals surface area contributed by atoms with E-state index in [-0.39, 0.29) is 0 Å². The van der Waals surface area contributed by atoms with Crippen molar-refractivity contribution in [1.29, 1.82) is 0 Å². The summed E-state index contributed by atoms with van der Waals surface area (Å²) < 4.78 is 9.23. The summed E-state index contributed by atoms with van der Waals surface area (Å²) >= 11 is 0. The first-order valence-corrected chi connectivity index (χ1v) is 19.3. The third-order valence-corrected chi connectivity index (χ3v) is 11.2. The van der Waals surface area contributed by atoms with Crippen LogP contribution in [0.3, 0.4) is 0 Å². The normalized spacial score (nSPS) is 11.6. The van der Waals surface area contributed by atoms with Crippen molar-refractivity contribution >= 4 is 43.7 Å². The van der Waals surface area contributed by atoms with E-state index in [2.05, 4.69) is 193 Å². The van der Waals surface area contributed by atoms with Gasteiger partial charge in [-0.3, -0.25) is 0 Å². The average Bonchev–Trinajstić information content (AvgIpc) is 3.83. The molecule has 11 aromatic rings. The summed E-state index contributed by atoms with van der Waals surface area (Å²) in [7, 11) is 0. The summed E-state index contributed by atoms with van der Waals surface area (Å²) in [5.41, 5.74) is 15.6. The SMILES string of the molecule is Cc1c(-c2ccccc2)nc(-c2cccc(-c3cccc4oc5c(-n6c7ccccc7c7cc(-c8ccccc8)ccc76)cccc5c34)c2)nc1-c1ccccc1. The number of furan rings is 1. The molecule has 0 bridgehead atoms. The molecule has 3 heterocycles. The van der Waals surface area contributed by atoms with E-state index in [0.717, 1.165) is 83.4 Å². The van der Waals surface area contributed by atoms with E-state index >= 15 is 0 Å². The zero-order valence-electron chi connectivity index (χ0n) is 31.2. The van der Waals surface area contributed by atoms with Gasteiger partial charge < -0.3 is 8.98 Å². The van der Waals surface area contributed by atoms with Crippen LogP contribution >= 0.6 is 0 Å². The Labute approximate surface area is 330 Å². The van der Waals surface area contributed by atoms with Crippen LogP contribution < -0.4 is 0 Å². The average molecular weight is 730 g/mol. The van der Waals surface area contributed by atoms with E-state index < -0.39 is 0 Å². The molecule has 4 nitrogen and oxygen atoms in total. The van der Waals surface area contributed by atoms with Crippen LogP contribution in [0.2, 0.25) is 0 Å². The van der Waals surface area contributed by atoms with Gasteiger partial charge in [0.15, 0.2) is 11.4 Å². The maximum absolute atomic E-state index is 6.87. The van der Waals surface area contributed by atoms with E-state index in [9.17, 15) is 0 Å². The number of aromatic nitrogens is 3. The van der Waals surface area contributed by atoms with Crippen molar-refractivity contribution in [2.75, 3.05) is 0 Å². The molecule has 0 aliphatic carbocycles. The van der Waals surface area contributed by atoms with Crippen LogP contribution in [0.25, 0.3) is 106 Å². The van der Waals surface area contributed by atoms with Crippen molar-refractivity contribution in [2.24, 2.45) is 0 Å². The molecule has 8 aromatic carbocycles. The van der Waals surface area contributed by atoms with Gasteiger partial charge in [-0.15, -0.1) is 0 Å². The lowest BCUT2D eigenvalue weighted by molar-refractivity contribution is 0.666. The minimum absolute atomic E-state index is 0.688. The fourth-order valence-corrected chi connectivity index (χ4v) is 8.52. The first-order chi connectivity index (χ1) is 28.2. The van der Waals surface area contributed by atoms with Crippen molar-refractivity contribution in [3.05, 3.63) is 200 Å². The van der Waals surface area contributed by atoms with Crippen molar-refractivity contribution < 1.29 is 4.42 Å². The van der Waals surface area contributed by atoms with Gasteiger partial charge in [-0.25, -0.2) is 9.97 Å². The number of nitrogens with zero attached hydrogens (tertiary/aromatic N) is 3. The van der Waals surface area contributed by atoms with Gasteiger partial charge in [-0.05, 0) is 65.6 Å². The first-order valence-electron chi connectivity index (χ1n) is 19.3. The summed E-state index contributed by atoms with van der Waals surface area (Å²) in [6, 6.07) is 68.2. The van der Waals surface area contributed by atoms with Gasteiger partial charge in [0.05, 0.1) is 28.1 Å². The fraction of sp³-hybridized carbons (Fsp3) is 0.0189. The largest absolute Gasteiger partial charge is 0.454 e. The zero-order chi connectivity index (χ0) is 37.9. The van der Waals surface area contributed by atoms with Gasteiger partial charge >= 0.3 is 0 Å². The Hall–Kier alpha value is -7.56. The summed E-state index contributed by atoms with van der Waals surface area (Å²) in [4.78, 5) is 10.4. The van der Waals surface area contributed by atoms with Gasteiger partial charge in [0.2, 0.25) is 0 Å². The summed E-state index contributed by atoms with van der Waals surface area (Å²) in [6.07, 6.45) is 0. The van der Waals surface area contributed by atoms with E-state index in [1.165, 1.54) is 21.9 Å². The van der Waals surface area contributed by atoms with Crippen molar-refractivity contribution in [1.82, 2.24) is 14.5 Å². The Morgan fingerprint density at radius 3 is 1.74 bits per heavy atom. The lowest BCUT2D eigenvalue weighted by Crippen LogP contribution is -2.00. The van der Waals surface area contributed by atoms with Crippen LogP contribution in [0.15, 0.2) is 199 Å². The quantitative estimate of drug-likeness (QED) is 0.171. The third kappa shape index (κ3) is 5.45. The van der Waals surface area contributed by atoms with Crippen molar-refractivity contribution in [3.8, 4) is 61.8 Å². The Morgan fingerprint density at radius 2 is 1.00 bits per heavy atom.